The van der Waals surface area contributed by atoms with Crippen LogP contribution in [0.4, 0.5) is 10.1 Å². The highest BCUT2D eigenvalue weighted by atomic mass is 19.1. The molecule has 0 spiro atoms. The number of hydrogen-bond acceptors (Lipinski definition) is 5. The predicted molar refractivity (Wildman–Crippen MR) is 156 cm³/mol. The number of carbonyl (C=O) groups is 4. The molecule has 7 aliphatic carbocycles. The lowest BCUT2D eigenvalue weighted by atomic mass is 9.47. The monoisotopic (exact) mass is 583 g/mol. The first-order valence-corrected chi connectivity index (χ1v) is 15.4. The van der Waals surface area contributed by atoms with Crippen molar-refractivity contribution in [2.75, 3.05) is 4.90 Å². The first-order chi connectivity index (χ1) is 21.4. The lowest BCUT2D eigenvalue weighted by Crippen LogP contribution is -2.55. The smallest absolute Gasteiger partial charge is 0.254 e. The summed E-state index contributed by atoms with van der Waals surface area (Å²) >= 11 is 0. The average molecular weight is 584 g/mol. The van der Waals surface area contributed by atoms with Gasteiger partial charge in [0.05, 0.1) is 34.8 Å². The van der Waals surface area contributed by atoms with Crippen LogP contribution < -0.4 is 4.90 Å². The normalized spacial score (nSPS) is 38.2. The number of hydrogen-bond donors (Lipinski definition) is 0. The van der Waals surface area contributed by atoms with E-state index < -0.39 is 40.8 Å². The van der Waals surface area contributed by atoms with Gasteiger partial charge in [0.1, 0.15) is 5.82 Å². The van der Waals surface area contributed by atoms with E-state index in [2.05, 4.69) is 12.2 Å². The van der Waals surface area contributed by atoms with Gasteiger partial charge < -0.3 is 0 Å². The maximum atomic E-state index is 14.5. The van der Waals surface area contributed by atoms with Gasteiger partial charge in [0.2, 0.25) is 11.8 Å². The van der Waals surface area contributed by atoms with Crippen LogP contribution in [0.2, 0.25) is 0 Å². The minimum absolute atomic E-state index is 0.0686. The number of imide groups is 2. The Kier molecular flexibility index (Phi) is 4.52. The summed E-state index contributed by atoms with van der Waals surface area (Å²) < 4.78 is 13.8. The number of rotatable bonds is 3. The van der Waals surface area contributed by atoms with E-state index >= 15 is 0 Å². The van der Waals surface area contributed by atoms with Crippen molar-refractivity contribution in [3.8, 4) is 0 Å². The van der Waals surface area contributed by atoms with E-state index in [9.17, 15) is 23.6 Å². The summed E-state index contributed by atoms with van der Waals surface area (Å²) in [5, 5.41) is 5.77. The van der Waals surface area contributed by atoms with E-state index in [1.54, 1.807) is 6.21 Å². The topological polar surface area (TPSA) is 87.1 Å². The van der Waals surface area contributed by atoms with Crippen molar-refractivity contribution in [1.29, 1.82) is 0 Å². The Labute approximate surface area is 252 Å². The Hall–Kier alpha value is -4.72. The molecule has 3 aromatic carbocycles. The van der Waals surface area contributed by atoms with Gasteiger partial charge in [0, 0.05) is 12.1 Å². The Morgan fingerprint density at radius 2 is 1.27 bits per heavy atom. The number of carbonyl (C=O) groups excluding carboxylic acids is 4. The summed E-state index contributed by atoms with van der Waals surface area (Å²) in [4.78, 5) is 57.7. The predicted octanol–water partition coefficient (Wildman–Crippen LogP) is 4.42. The number of halogens is 1. The molecule has 44 heavy (non-hydrogen) atoms. The lowest BCUT2D eigenvalue weighted by Gasteiger charge is -2.52. The van der Waals surface area contributed by atoms with Crippen LogP contribution in [0.1, 0.15) is 34.6 Å². The largest absolute Gasteiger partial charge is 0.274 e. The van der Waals surface area contributed by atoms with Gasteiger partial charge >= 0.3 is 0 Å². The van der Waals surface area contributed by atoms with E-state index in [1.807, 2.05) is 48.5 Å². The minimum Gasteiger partial charge on any atom is -0.274 e. The van der Waals surface area contributed by atoms with Crippen molar-refractivity contribution in [2.45, 2.75) is 17.8 Å². The van der Waals surface area contributed by atoms with Crippen molar-refractivity contribution >= 4 is 35.5 Å². The number of anilines is 1. The number of allylic oxidation sites excluding steroid dienone is 2. The van der Waals surface area contributed by atoms with Crippen LogP contribution in [0.15, 0.2) is 90.0 Å². The van der Waals surface area contributed by atoms with Gasteiger partial charge in [-0.1, -0.05) is 60.7 Å². The SMILES string of the molecule is O=C1[C@@H]2[C@H]3C=C[C@@H]([C@@H]4C[C@H]34)[C@@H]2C(=O)N1/N=C\C12c3ccccc3C(c3ccccc31)[C@@H]1C(=O)N(c3ccc(F)cc3)C(=O)[C@@H]12. The molecular formula is C36H26FN3O4. The molecule has 4 bridgehead atoms. The summed E-state index contributed by atoms with van der Waals surface area (Å²) in [6.45, 7) is 0. The fourth-order valence-corrected chi connectivity index (χ4v) is 10.1. The Morgan fingerprint density at radius 3 is 1.86 bits per heavy atom. The van der Waals surface area contributed by atoms with Gasteiger partial charge in [0.15, 0.2) is 0 Å². The fraction of sp³-hybridized carbons (Fsp3) is 0.306. The van der Waals surface area contributed by atoms with E-state index in [-0.39, 0.29) is 35.5 Å². The van der Waals surface area contributed by atoms with Crippen LogP contribution in [0.3, 0.4) is 0 Å². The van der Waals surface area contributed by atoms with Crippen molar-refractivity contribution in [3.05, 3.63) is 113 Å². The molecule has 12 rings (SSSR count). The van der Waals surface area contributed by atoms with Gasteiger partial charge in [-0.05, 0) is 76.6 Å². The highest BCUT2D eigenvalue weighted by Gasteiger charge is 2.69. The summed E-state index contributed by atoms with van der Waals surface area (Å²) in [7, 11) is 0. The number of amides is 4. The molecule has 2 saturated heterocycles. The van der Waals surface area contributed by atoms with E-state index in [0.29, 0.717) is 17.5 Å². The van der Waals surface area contributed by atoms with E-state index in [1.165, 1.54) is 29.2 Å². The minimum atomic E-state index is -1.21. The second-order valence-electron chi connectivity index (χ2n) is 13.4. The second kappa shape index (κ2) is 8.05. The first-order valence-electron chi connectivity index (χ1n) is 15.4. The molecule has 0 radical (unpaired) electrons. The van der Waals surface area contributed by atoms with Crippen molar-refractivity contribution in [3.63, 3.8) is 0 Å². The summed E-state index contributed by atoms with van der Waals surface area (Å²) in [6.07, 6.45) is 6.94. The Balaban J connectivity index is 1.15. The summed E-state index contributed by atoms with van der Waals surface area (Å²) in [5.41, 5.74) is 2.64. The maximum absolute atomic E-state index is 14.5. The average Bonchev–Trinajstić information content (AvgIpc) is 3.78. The highest BCUT2D eigenvalue weighted by Crippen LogP contribution is 2.66. The van der Waals surface area contributed by atoms with Crippen molar-refractivity contribution < 1.29 is 23.6 Å². The first kappa shape index (κ1) is 24.7. The Bertz CT molecular complexity index is 1850. The standard InChI is InChI=1S/C36H26FN3O4/c37-17-9-11-18(12-10-17)39-32(41)30-27-21-5-1-3-7-25(21)36(31(30)35(39)44,26-8-4-2-6-22(26)27)16-38-40-33(42)28-19-13-14-20(24-15-23(19)24)29(28)34(40)43/h1-14,16,19-20,23-24,27-31H,15H2/b38-16-/t19-,20-,23-,24+,27?,28-,29+,30-,31+,36?/m0/s1. The zero-order valence-corrected chi connectivity index (χ0v) is 23.4. The quantitative estimate of drug-likeness (QED) is 0.260. The molecule has 2 heterocycles. The van der Waals surface area contributed by atoms with Crippen LogP contribution >= 0.6 is 0 Å². The van der Waals surface area contributed by atoms with E-state index in [4.69, 9.17) is 5.10 Å². The summed E-state index contributed by atoms with van der Waals surface area (Å²) in [5.74, 6) is -3.43. The zero-order chi connectivity index (χ0) is 29.6. The fourth-order valence-electron chi connectivity index (χ4n) is 10.1. The molecule has 8 atom stereocenters. The molecule has 8 heteroatoms. The van der Waals surface area contributed by atoms with Crippen LogP contribution in [-0.4, -0.2) is 34.9 Å². The van der Waals surface area contributed by atoms with Gasteiger partial charge in [-0.15, -0.1) is 0 Å². The van der Waals surface area contributed by atoms with Gasteiger partial charge in [-0.25, -0.2) is 9.29 Å². The van der Waals surface area contributed by atoms with Crippen molar-refractivity contribution in [2.24, 2.45) is 52.4 Å². The molecule has 2 aliphatic heterocycles. The number of hydrazone groups is 1. The number of benzene rings is 3. The molecule has 0 aromatic heterocycles. The molecule has 4 amide bonds. The van der Waals surface area contributed by atoms with Gasteiger partial charge in [-0.3, -0.25) is 19.2 Å². The molecule has 0 unspecified atom stereocenters. The number of nitrogens with zero attached hydrogens (tertiary/aromatic N) is 3. The summed E-state index contributed by atoms with van der Waals surface area (Å²) in [6, 6.07) is 20.9. The molecule has 7 nitrogen and oxygen atoms in total. The van der Waals surface area contributed by atoms with Crippen LogP contribution in [-0.2, 0) is 24.6 Å². The van der Waals surface area contributed by atoms with Gasteiger partial charge in [-0.2, -0.15) is 10.1 Å². The van der Waals surface area contributed by atoms with Crippen LogP contribution in [0, 0.1) is 53.2 Å². The third-order valence-corrected chi connectivity index (χ3v) is 11.8. The van der Waals surface area contributed by atoms with Crippen LogP contribution in [0.25, 0.3) is 0 Å². The van der Waals surface area contributed by atoms with Crippen molar-refractivity contribution in [1.82, 2.24) is 5.01 Å². The zero-order valence-electron chi connectivity index (χ0n) is 23.4. The lowest BCUT2D eigenvalue weighted by molar-refractivity contribution is -0.140. The van der Waals surface area contributed by atoms with Gasteiger partial charge in [0.25, 0.3) is 11.8 Å². The molecule has 216 valence electrons. The third kappa shape index (κ3) is 2.72. The second-order valence-corrected chi connectivity index (χ2v) is 13.4. The molecule has 4 fully saturated rings. The Morgan fingerprint density at radius 1 is 0.705 bits per heavy atom. The molecule has 2 saturated carbocycles. The third-order valence-electron chi connectivity index (χ3n) is 11.8. The molecule has 0 N–H and O–H groups in total. The molecular weight excluding hydrogens is 557 g/mol. The molecule has 3 aromatic rings. The highest BCUT2D eigenvalue weighted by molar-refractivity contribution is 6.25. The molecule has 9 aliphatic rings. The maximum Gasteiger partial charge on any atom is 0.254 e. The van der Waals surface area contributed by atoms with E-state index in [0.717, 1.165) is 33.7 Å². The van der Waals surface area contributed by atoms with Crippen LogP contribution in [0.5, 0.6) is 0 Å².